The SMILES string of the molecule is CC(C(=O)O)N(C(=O)COc1ccc(F)cc1F)C1CC1. The number of halogens is 2. The van der Waals surface area contributed by atoms with E-state index >= 15 is 0 Å². The summed E-state index contributed by atoms with van der Waals surface area (Å²) in [5.41, 5.74) is 0. The van der Waals surface area contributed by atoms with Crippen LogP contribution in [0.4, 0.5) is 8.78 Å². The summed E-state index contributed by atoms with van der Waals surface area (Å²) in [6, 6.07) is 1.68. The second kappa shape index (κ2) is 6.07. The number of carboxylic acid groups (broad SMARTS) is 1. The molecule has 1 fully saturated rings. The van der Waals surface area contributed by atoms with E-state index in [4.69, 9.17) is 9.84 Å². The first-order valence-corrected chi connectivity index (χ1v) is 6.52. The number of carboxylic acids is 1. The zero-order chi connectivity index (χ0) is 15.6. The molecule has 21 heavy (non-hydrogen) atoms. The number of rotatable bonds is 6. The molecule has 0 aromatic heterocycles. The quantitative estimate of drug-likeness (QED) is 0.870. The highest BCUT2D eigenvalue weighted by Crippen LogP contribution is 2.29. The first kappa shape index (κ1) is 15.2. The van der Waals surface area contributed by atoms with Crippen LogP contribution in [0.3, 0.4) is 0 Å². The maximum atomic E-state index is 13.4. The summed E-state index contributed by atoms with van der Waals surface area (Å²) in [5, 5.41) is 9.00. The molecule has 0 radical (unpaired) electrons. The number of hydrogen-bond acceptors (Lipinski definition) is 3. The minimum Gasteiger partial charge on any atom is -0.481 e. The first-order valence-electron chi connectivity index (χ1n) is 6.52. The molecule has 1 aromatic rings. The van der Waals surface area contributed by atoms with Crippen LogP contribution in [0.1, 0.15) is 19.8 Å². The summed E-state index contributed by atoms with van der Waals surface area (Å²) < 4.78 is 31.1. The third-order valence-corrected chi connectivity index (χ3v) is 3.25. The lowest BCUT2D eigenvalue weighted by atomic mass is 10.2. The van der Waals surface area contributed by atoms with Gasteiger partial charge in [0.25, 0.3) is 5.91 Å². The normalized spacial score (nSPS) is 15.4. The third-order valence-electron chi connectivity index (χ3n) is 3.25. The van der Waals surface area contributed by atoms with Gasteiger partial charge in [0.05, 0.1) is 0 Å². The van der Waals surface area contributed by atoms with Crippen LogP contribution in [0.5, 0.6) is 5.75 Å². The van der Waals surface area contributed by atoms with Crippen molar-refractivity contribution in [1.29, 1.82) is 0 Å². The number of aliphatic carboxylic acids is 1. The Bertz CT molecular complexity index is 560. The Morgan fingerprint density at radius 3 is 2.62 bits per heavy atom. The molecule has 1 aromatic carbocycles. The van der Waals surface area contributed by atoms with Gasteiger partial charge >= 0.3 is 5.97 Å². The molecule has 0 saturated heterocycles. The topological polar surface area (TPSA) is 66.8 Å². The Morgan fingerprint density at radius 1 is 1.43 bits per heavy atom. The molecule has 1 amide bonds. The average molecular weight is 299 g/mol. The molecular weight excluding hydrogens is 284 g/mol. The smallest absolute Gasteiger partial charge is 0.326 e. The van der Waals surface area contributed by atoms with Crippen LogP contribution in [0, 0.1) is 11.6 Å². The summed E-state index contributed by atoms with van der Waals surface area (Å²) >= 11 is 0. The van der Waals surface area contributed by atoms with Gasteiger partial charge in [0.15, 0.2) is 18.2 Å². The highest BCUT2D eigenvalue weighted by Gasteiger charge is 2.38. The molecule has 5 nitrogen and oxygen atoms in total. The average Bonchev–Trinajstić information content (AvgIpc) is 3.22. The van der Waals surface area contributed by atoms with Crippen molar-refractivity contribution in [2.24, 2.45) is 0 Å². The minimum absolute atomic E-state index is 0.106. The molecule has 1 saturated carbocycles. The molecule has 7 heteroatoms. The number of carbonyl (C=O) groups excluding carboxylic acids is 1. The summed E-state index contributed by atoms with van der Waals surface area (Å²) in [5.74, 6) is -3.54. The molecule has 1 aliphatic carbocycles. The lowest BCUT2D eigenvalue weighted by Crippen LogP contribution is -2.46. The maximum absolute atomic E-state index is 13.4. The Morgan fingerprint density at radius 2 is 2.10 bits per heavy atom. The van der Waals surface area contributed by atoms with Crippen molar-refractivity contribution in [3.63, 3.8) is 0 Å². The second-order valence-electron chi connectivity index (χ2n) is 4.91. The standard InChI is InChI=1S/C14H15F2NO4/c1-8(14(19)20)17(10-3-4-10)13(18)7-21-12-5-2-9(15)6-11(12)16/h2,5-6,8,10H,3-4,7H2,1H3,(H,19,20). The number of carbonyl (C=O) groups is 2. The molecule has 0 bridgehead atoms. The maximum Gasteiger partial charge on any atom is 0.326 e. The summed E-state index contributed by atoms with van der Waals surface area (Å²) in [4.78, 5) is 24.3. The van der Waals surface area contributed by atoms with E-state index < -0.39 is 36.2 Å². The van der Waals surface area contributed by atoms with E-state index in [1.165, 1.54) is 11.8 Å². The monoisotopic (exact) mass is 299 g/mol. The van der Waals surface area contributed by atoms with Crippen molar-refractivity contribution in [1.82, 2.24) is 4.90 Å². The van der Waals surface area contributed by atoms with Crippen LogP contribution < -0.4 is 4.74 Å². The highest BCUT2D eigenvalue weighted by atomic mass is 19.1. The van der Waals surface area contributed by atoms with Crippen LogP contribution in [-0.4, -0.2) is 40.6 Å². The lowest BCUT2D eigenvalue weighted by molar-refractivity contribution is -0.150. The van der Waals surface area contributed by atoms with Crippen LogP contribution >= 0.6 is 0 Å². The van der Waals surface area contributed by atoms with E-state index in [1.54, 1.807) is 0 Å². The number of benzene rings is 1. The molecule has 1 atom stereocenters. The van der Waals surface area contributed by atoms with E-state index in [1.807, 2.05) is 0 Å². The van der Waals surface area contributed by atoms with Gasteiger partial charge in [-0.3, -0.25) is 4.79 Å². The van der Waals surface area contributed by atoms with E-state index in [-0.39, 0.29) is 11.8 Å². The lowest BCUT2D eigenvalue weighted by Gasteiger charge is -2.26. The molecule has 0 aliphatic heterocycles. The molecular formula is C14H15F2NO4. The zero-order valence-corrected chi connectivity index (χ0v) is 11.4. The summed E-state index contributed by atoms with van der Waals surface area (Å²) in [6.45, 7) is 0.924. The van der Waals surface area contributed by atoms with Crippen molar-refractivity contribution >= 4 is 11.9 Å². The van der Waals surface area contributed by atoms with Gasteiger partial charge in [0.2, 0.25) is 0 Å². The van der Waals surface area contributed by atoms with Crippen molar-refractivity contribution < 1.29 is 28.2 Å². The van der Waals surface area contributed by atoms with Crippen LogP contribution in [-0.2, 0) is 9.59 Å². The molecule has 1 N–H and O–H groups in total. The van der Waals surface area contributed by atoms with E-state index in [9.17, 15) is 18.4 Å². The molecule has 2 rings (SSSR count). The van der Waals surface area contributed by atoms with E-state index in [2.05, 4.69) is 0 Å². The first-order chi connectivity index (χ1) is 9.90. The predicted octanol–water partition coefficient (Wildman–Crippen LogP) is 1.81. The largest absolute Gasteiger partial charge is 0.481 e. The van der Waals surface area contributed by atoms with Crippen LogP contribution in [0.25, 0.3) is 0 Å². The van der Waals surface area contributed by atoms with Gasteiger partial charge in [0.1, 0.15) is 11.9 Å². The molecule has 1 aliphatic rings. The van der Waals surface area contributed by atoms with Crippen molar-refractivity contribution in [3.05, 3.63) is 29.8 Å². The number of hydrogen-bond donors (Lipinski definition) is 1. The second-order valence-corrected chi connectivity index (χ2v) is 4.91. The van der Waals surface area contributed by atoms with E-state index in [0.29, 0.717) is 6.07 Å². The third kappa shape index (κ3) is 3.68. The van der Waals surface area contributed by atoms with E-state index in [0.717, 1.165) is 25.0 Å². The summed E-state index contributed by atoms with van der Waals surface area (Å²) in [7, 11) is 0. The highest BCUT2D eigenvalue weighted by molar-refractivity contribution is 5.84. The number of ether oxygens (including phenoxy) is 1. The number of nitrogens with zero attached hydrogens (tertiary/aromatic N) is 1. The van der Waals surface area contributed by atoms with Crippen molar-refractivity contribution in [2.75, 3.05) is 6.61 Å². The molecule has 0 heterocycles. The van der Waals surface area contributed by atoms with Gasteiger partial charge in [0, 0.05) is 12.1 Å². The van der Waals surface area contributed by atoms with Crippen LogP contribution in [0.2, 0.25) is 0 Å². The molecule has 0 spiro atoms. The fraction of sp³-hybridized carbons (Fsp3) is 0.429. The molecule has 1 unspecified atom stereocenters. The van der Waals surface area contributed by atoms with Crippen molar-refractivity contribution in [3.8, 4) is 5.75 Å². The van der Waals surface area contributed by atoms with Gasteiger partial charge < -0.3 is 14.7 Å². The fourth-order valence-corrected chi connectivity index (χ4v) is 2.01. The van der Waals surface area contributed by atoms with Gasteiger partial charge in [-0.15, -0.1) is 0 Å². The van der Waals surface area contributed by atoms with Gasteiger partial charge in [-0.05, 0) is 31.9 Å². The zero-order valence-electron chi connectivity index (χ0n) is 11.4. The number of amides is 1. The fourth-order valence-electron chi connectivity index (χ4n) is 2.01. The van der Waals surface area contributed by atoms with Gasteiger partial charge in [-0.2, -0.15) is 0 Å². The Balaban J connectivity index is 2.00. The van der Waals surface area contributed by atoms with Crippen LogP contribution in [0.15, 0.2) is 18.2 Å². The molecule has 114 valence electrons. The minimum atomic E-state index is -1.11. The predicted molar refractivity (Wildman–Crippen MR) is 68.8 cm³/mol. The Kier molecular flexibility index (Phi) is 4.40. The van der Waals surface area contributed by atoms with Gasteiger partial charge in [-0.1, -0.05) is 0 Å². The Labute approximate surface area is 120 Å². The van der Waals surface area contributed by atoms with Gasteiger partial charge in [-0.25, -0.2) is 13.6 Å². The summed E-state index contributed by atoms with van der Waals surface area (Å²) in [6.07, 6.45) is 1.49. The van der Waals surface area contributed by atoms with Crippen molar-refractivity contribution in [2.45, 2.75) is 31.8 Å². The Hall–Kier alpha value is -2.18.